The third-order valence-corrected chi connectivity index (χ3v) is 7.16. The molecule has 2 saturated heterocycles. The zero-order chi connectivity index (χ0) is 25.4. The highest BCUT2D eigenvalue weighted by Gasteiger charge is 2.50. The van der Waals surface area contributed by atoms with Gasteiger partial charge in [-0.2, -0.15) is 5.26 Å². The molecule has 0 radical (unpaired) electrons. The number of hydrogen-bond acceptors (Lipinski definition) is 4. The minimum absolute atomic E-state index is 0.0710. The zero-order valence-electron chi connectivity index (χ0n) is 19.5. The molecule has 2 N–H and O–H groups in total. The largest absolute Gasteiger partial charge is 0.336 e. The van der Waals surface area contributed by atoms with E-state index in [1.807, 2.05) is 6.07 Å². The first-order chi connectivity index (χ1) is 16.5. The quantitative estimate of drug-likeness (QED) is 0.638. The summed E-state index contributed by atoms with van der Waals surface area (Å²) in [5.74, 6) is -4.47. The van der Waals surface area contributed by atoms with Crippen LogP contribution in [0.25, 0.3) is 0 Å². The lowest BCUT2D eigenvalue weighted by Crippen LogP contribution is -2.56. The van der Waals surface area contributed by atoms with Gasteiger partial charge >= 0.3 is 6.03 Å². The van der Waals surface area contributed by atoms with E-state index in [1.54, 1.807) is 17.0 Å². The van der Waals surface area contributed by atoms with Crippen LogP contribution in [-0.4, -0.2) is 59.9 Å². The van der Waals surface area contributed by atoms with Crippen molar-refractivity contribution in [2.45, 2.75) is 63.0 Å². The van der Waals surface area contributed by atoms with Gasteiger partial charge in [-0.05, 0) is 63.3 Å². The van der Waals surface area contributed by atoms with Gasteiger partial charge in [-0.1, -0.05) is 0 Å². The molecule has 2 aliphatic heterocycles. The van der Waals surface area contributed by atoms with Crippen LogP contribution >= 0.6 is 0 Å². The van der Waals surface area contributed by atoms with E-state index >= 15 is 0 Å². The van der Waals surface area contributed by atoms with Gasteiger partial charge in [0.05, 0.1) is 11.5 Å². The fourth-order valence-corrected chi connectivity index (χ4v) is 4.81. The molecule has 3 fully saturated rings. The van der Waals surface area contributed by atoms with Gasteiger partial charge in [0, 0.05) is 31.7 Å². The van der Waals surface area contributed by atoms with Crippen LogP contribution in [0.1, 0.15) is 45.4 Å². The summed E-state index contributed by atoms with van der Waals surface area (Å²) in [7, 11) is 0. The van der Waals surface area contributed by atoms with Gasteiger partial charge in [0.15, 0.2) is 0 Å². The lowest BCUT2D eigenvalue weighted by atomic mass is 9.77. The number of piperidine rings is 1. The van der Waals surface area contributed by atoms with Crippen LogP contribution in [0.5, 0.6) is 0 Å². The number of nitrogens with zero attached hydrogens (tertiary/aromatic N) is 3. The molecule has 188 valence electrons. The number of benzene rings is 1. The van der Waals surface area contributed by atoms with Crippen molar-refractivity contribution in [1.29, 1.82) is 5.26 Å². The van der Waals surface area contributed by atoms with Crippen molar-refractivity contribution in [2.24, 2.45) is 5.41 Å². The normalized spacial score (nSPS) is 21.4. The van der Waals surface area contributed by atoms with Gasteiger partial charge in [0.25, 0.3) is 0 Å². The fraction of sp³-hybridized carbons (Fsp3) is 0.583. The number of alkyl halides is 2. The molecule has 1 saturated carbocycles. The first-order valence-corrected chi connectivity index (χ1v) is 11.7. The lowest BCUT2D eigenvalue weighted by Gasteiger charge is -2.38. The van der Waals surface area contributed by atoms with Crippen LogP contribution in [0.4, 0.5) is 23.7 Å². The van der Waals surface area contributed by atoms with E-state index < -0.39 is 41.3 Å². The highest BCUT2D eigenvalue weighted by molar-refractivity contribution is 6.00. The molecule has 35 heavy (non-hydrogen) atoms. The Kier molecular flexibility index (Phi) is 6.42. The number of likely N-dealkylation sites (tertiary alicyclic amines) is 1. The number of nitrogens with one attached hydrogen (secondary N) is 2. The molecule has 3 aliphatic rings. The lowest BCUT2D eigenvalue weighted by molar-refractivity contribution is -0.127. The van der Waals surface area contributed by atoms with Crippen LogP contribution in [0, 0.1) is 22.6 Å². The minimum atomic E-state index is -3.20. The van der Waals surface area contributed by atoms with Crippen LogP contribution < -0.4 is 15.5 Å². The Balaban J connectivity index is 1.37. The van der Waals surface area contributed by atoms with Gasteiger partial charge in [-0.25, -0.2) is 18.0 Å². The summed E-state index contributed by atoms with van der Waals surface area (Å²) < 4.78 is 40.7. The number of urea groups is 1. The van der Waals surface area contributed by atoms with E-state index in [4.69, 9.17) is 0 Å². The Bertz CT molecular complexity index is 1040. The number of carbonyl (C=O) groups is 3. The number of carbonyl (C=O) groups excluding carboxylic acids is 3. The first kappa shape index (κ1) is 24.8. The smallest absolute Gasteiger partial charge is 0.318 e. The predicted molar refractivity (Wildman–Crippen MR) is 120 cm³/mol. The number of nitriles is 1. The first-order valence-electron chi connectivity index (χ1n) is 11.7. The number of hydrogen-bond donors (Lipinski definition) is 2. The summed E-state index contributed by atoms with van der Waals surface area (Å²) in [6.45, 7) is 1.62. The summed E-state index contributed by atoms with van der Waals surface area (Å²) in [5.41, 5.74) is -1.06. The Labute approximate surface area is 201 Å². The molecule has 0 aromatic heterocycles. The molecular weight excluding hydrogens is 463 g/mol. The van der Waals surface area contributed by atoms with E-state index in [1.165, 1.54) is 17.0 Å². The van der Waals surface area contributed by atoms with Crippen molar-refractivity contribution >= 4 is 23.5 Å². The van der Waals surface area contributed by atoms with Crippen LogP contribution in [-0.2, 0) is 9.59 Å². The van der Waals surface area contributed by atoms with Crippen molar-refractivity contribution in [2.75, 3.05) is 24.5 Å². The molecule has 8 nitrogen and oxygen atoms in total. The Morgan fingerprint density at radius 3 is 2.26 bits per heavy atom. The molecule has 4 amide bonds. The van der Waals surface area contributed by atoms with Gasteiger partial charge in [-0.15, -0.1) is 0 Å². The molecule has 2 heterocycles. The summed E-state index contributed by atoms with van der Waals surface area (Å²) >= 11 is 0. The minimum Gasteiger partial charge on any atom is -0.336 e. The van der Waals surface area contributed by atoms with Crippen molar-refractivity contribution in [1.82, 2.24) is 15.5 Å². The second-order valence-electron chi connectivity index (χ2n) is 9.91. The molecule has 1 aromatic rings. The number of rotatable bonds is 6. The van der Waals surface area contributed by atoms with Crippen LogP contribution in [0.2, 0.25) is 0 Å². The summed E-state index contributed by atoms with van der Waals surface area (Å²) in [6.07, 6.45) is 1.38. The van der Waals surface area contributed by atoms with Crippen molar-refractivity contribution in [3.63, 3.8) is 0 Å². The third-order valence-electron chi connectivity index (χ3n) is 7.16. The van der Waals surface area contributed by atoms with Crippen molar-refractivity contribution < 1.29 is 27.6 Å². The SMILES string of the molecule is CC(F)(F)CC(NC(=O)N1CCC2(CC1)CCN(c1ccc(F)cc1)C2=O)C(=O)NC1(C#N)CC1. The third kappa shape index (κ3) is 5.36. The van der Waals surface area contributed by atoms with E-state index in [9.17, 15) is 32.8 Å². The number of anilines is 1. The second kappa shape index (κ2) is 9.06. The molecule has 1 aliphatic carbocycles. The fourth-order valence-electron chi connectivity index (χ4n) is 4.81. The van der Waals surface area contributed by atoms with E-state index in [0.717, 1.165) is 0 Å². The van der Waals surface area contributed by atoms with Crippen molar-refractivity contribution in [3.05, 3.63) is 30.1 Å². The van der Waals surface area contributed by atoms with Crippen LogP contribution in [0.15, 0.2) is 24.3 Å². The topological polar surface area (TPSA) is 106 Å². The maximum absolute atomic E-state index is 13.7. The predicted octanol–water partition coefficient (Wildman–Crippen LogP) is 2.94. The average Bonchev–Trinajstić information content (AvgIpc) is 3.52. The molecular formula is C24H28F3N5O3. The zero-order valence-corrected chi connectivity index (χ0v) is 19.5. The van der Waals surface area contributed by atoms with Gasteiger partial charge in [0.1, 0.15) is 17.4 Å². The van der Waals surface area contributed by atoms with Gasteiger partial charge in [-0.3, -0.25) is 9.59 Å². The number of halogens is 3. The Hall–Kier alpha value is -3.29. The monoisotopic (exact) mass is 491 g/mol. The molecule has 4 rings (SSSR count). The van der Waals surface area contributed by atoms with Crippen LogP contribution in [0.3, 0.4) is 0 Å². The summed E-state index contributed by atoms with van der Waals surface area (Å²) in [5, 5.41) is 14.1. The van der Waals surface area contributed by atoms with Crippen molar-refractivity contribution in [3.8, 4) is 6.07 Å². The van der Waals surface area contributed by atoms with Gasteiger partial charge in [0.2, 0.25) is 17.7 Å². The maximum Gasteiger partial charge on any atom is 0.318 e. The van der Waals surface area contributed by atoms with Gasteiger partial charge < -0.3 is 20.4 Å². The second-order valence-corrected chi connectivity index (χ2v) is 9.91. The summed E-state index contributed by atoms with van der Waals surface area (Å²) in [4.78, 5) is 41.7. The molecule has 0 bridgehead atoms. The molecule has 11 heteroatoms. The highest BCUT2D eigenvalue weighted by atomic mass is 19.3. The highest BCUT2D eigenvalue weighted by Crippen LogP contribution is 2.43. The maximum atomic E-state index is 13.7. The van der Waals surface area contributed by atoms with E-state index in [2.05, 4.69) is 10.6 Å². The molecule has 1 unspecified atom stereocenters. The Morgan fingerprint density at radius 2 is 1.71 bits per heavy atom. The average molecular weight is 492 g/mol. The van der Waals surface area contributed by atoms with E-state index in [-0.39, 0.29) is 24.8 Å². The van der Waals surface area contributed by atoms with E-state index in [0.29, 0.717) is 51.3 Å². The molecule has 1 atom stereocenters. The standard InChI is InChI=1S/C24H28F3N5O3/c1-22(26,27)14-18(19(33)30-24(15-28)6-7-24)29-21(35)31-11-8-23(9-12-31)10-13-32(20(23)34)17-4-2-16(25)3-5-17/h2-5,18H,6-14H2,1H3,(H,29,35)(H,30,33). The Morgan fingerprint density at radius 1 is 1.11 bits per heavy atom. The summed E-state index contributed by atoms with van der Waals surface area (Å²) in [6, 6.07) is 5.53. The number of amides is 4. The molecule has 1 aromatic carbocycles. The molecule has 1 spiro atoms.